The first-order valence-corrected chi connectivity index (χ1v) is 6.30. The molecule has 1 aromatic heterocycles. The molecule has 1 aliphatic heterocycles. The van der Waals surface area contributed by atoms with E-state index in [1.165, 1.54) is 12.3 Å². The molecule has 0 amide bonds. The van der Waals surface area contributed by atoms with Gasteiger partial charge in [-0.25, -0.2) is 4.98 Å². The van der Waals surface area contributed by atoms with Gasteiger partial charge in [-0.15, -0.1) is 0 Å². The minimum absolute atomic E-state index is 0.0993. The molecule has 1 unspecified atom stereocenters. The van der Waals surface area contributed by atoms with Crippen LogP contribution in [0.15, 0.2) is 18.3 Å². The Morgan fingerprint density at radius 3 is 3.11 bits per heavy atom. The summed E-state index contributed by atoms with van der Waals surface area (Å²) in [5, 5.41) is 14.1. The van der Waals surface area contributed by atoms with Gasteiger partial charge < -0.3 is 10.2 Å². The Balaban J connectivity index is 2.20. The van der Waals surface area contributed by atoms with E-state index < -0.39 is 0 Å². The Morgan fingerprint density at radius 2 is 2.50 bits per heavy atom. The predicted octanol–water partition coefficient (Wildman–Crippen LogP) is 1.57. The van der Waals surface area contributed by atoms with Crippen LogP contribution in [0.2, 0.25) is 0 Å². The summed E-state index contributed by atoms with van der Waals surface area (Å²) in [5.41, 5.74) is 0.0993. The van der Waals surface area contributed by atoms with Gasteiger partial charge in [-0.1, -0.05) is 0 Å². The maximum atomic E-state index is 10.8. The van der Waals surface area contributed by atoms with Gasteiger partial charge in [-0.05, 0) is 26.3 Å². The van der Waals surface area contributed by atoms with Crippen LogP contribution in [0.25, 0.3) is 0 Å². The molecule has 0 spiro atoms. The lowest BCUT2D eigenvalue weighted by atomic mass is 10.1. The molecule has 1 fully saturated rings. The van der Waals surface area contributed by atoms with Crippen molar-refractivity contribution in [3.8, 4) is 0 Å². The van der Waals surface area contributed by atoms with Crippen molar-refractivity contribution in [2.24, 2.45) is 0 Å². The molecular formula is C12H18N4O2. The highest BCUT2D eigenvalue weighted by Crippen LogP contribution is 2.22. The number of pyridine rings is 1. The molecule has 0 bridgehead atoms. The van der Waals surface area contributed by atoms with Gasteiger partial charge in [-0.3, -0.25) is 10.1 Å². The van der Waals surface area contributed by atoms with E-state index in [1.54, 1.807) is 6.07 Å². The average molecular weight is 250 g/mol. The minimum Gasteiger partial charge on any atom is -0.352 e. The van der Waals surface area contributed by atoms with Crippen LogP contribution in [0.3, 0.4) is 0 Å². The molecule has 1 aromatic rings. The Bertz CT molecular complexity index is 418. The SMILES string of the molecule is CCN(c1cc([N+](=O)[O-])ccn1)C1CCCNC1. The Kier molecular flexibility index (Phi) is 4.09. The van der Waals surface area contributed by atoms with Crippen LogP contribution in [-0.2, 0) is 0 Å². The fourth-order valence-corrected chi connectivity index (χ4v) is 2.38. The van der Waals surface area contributed by atoms with E-state index in [4.69, 9.17) is 0 Å². The number of nitro groups is 1. The summed E-state index contributed by atoms with van der Waals surface area (Å²) in [7, 11) is 0. The van der Waals surface area contributed by atoms with Crippen LogP contribution in [-0.4, -0.2) is 35.6 Å². The van der Waals surface area contributed by atoms with E-state index in [2.05, 4.69) is 22.1 Å². The third-order valence-corrected chi connectivity index (χ3v) is 3.29. The number of nitrogens with one attached hydrogen (secondary N) is 1. The lowest BCUT2D eigenvalue weighted by Gasteiger charge is -2.34. The van der Waals surface area contributed by atoms with Crippen LogP contribution in [0.1, 0.15) is 19.8 Å². The summed E-state index contributed by atoms with van der Waals surface area (Å²) in [4.78, 5) is 16.8. The first-order chi connectivity index (χ1) is 8.72. The van der Waals surface area contributed by atoms with Gasteiger partial charge in [0, 0.05) is 31.4 Å². The zero-order valence-electron chi connectivity index (χ0n) is 10.5. The number of rotatable bonds is 4. The van der Waals surface area contributed by atoms with Gasteiger partial charge in [0.2, 0.25) is 0 Å². The van der Waals surface area contributed by atoms with Gasteiger partial charge in [0.15, 0.2) is 0 Å². The highest BCUT2D eigenvalue weighted by Gasteiger charge is 2.22. The fraction of sp³-hybridized carbons (Fsp3) is 0.583. The van der Waals surface area contributed by atoms with Crippen molar-refractivity contribution < 1.29 is 4.92 Å². The largest absolute Gasteiger partial charge is 0.352 e. The molecule has 0 aromatic carbocycles. The van der Waals surface area contributed by atoms with Crippen molar-refractivity contribution in [2.75, 3.05) is 24.5 Å². The molecule has 0 radical (unpaired) electrons. The summed E-state index contributed by atoms with van der Waals surface area (Å²) in [6.45, 7) is 4.82. The van der Waals surface area contributed by atoms with E-state index in [0.717, 1.165) is 32.5 Å². The van der Waals surface area contributed by atoms with Crippen molar-refractivity contribution in [3.05, 3.63) is 28.4 Å². The standard InChI is InChI=1S/C12H18N4O2/c1-2-15(11-4-3-6-13-9-11)12-8-10(16(17)18)5-7-14-12/h5,7-8,11,13H,2-4,6,9H2,1H3. The lowest BCUT2D eigenvalue weighted by molar-refractivity contribution is -0.384. The second-order valence-corrected chi connectivity index (χ2v) is 4.42. The highest BCUT2D eigenvalue weighted by molar-refractivity contribution is 5.47. The molecule has 0 saturated carbocycles. The van der Waals surface area contributed by atoms with E-state index in [0.29, 0.717) is 11.9 Å². The normalized spacial score (nSPS) is 19.5. The molecule has 98 valence electrons. The summed E-state index contributed by atoms with van der Waals surface area (Å²) in [6.07, 6.45) is 3.74. The van der Waals surface area contributed by atoms with Gasteiger partial charge in [-0.2, -0.15) is 0 Å². The number of likely N-dealkylation sites (N-methyl/N-ethyl adjacent to an activating group) is 1. The van der Waals surface area contributed by atoms with Crippen LogP contribution < -0.4 is 10.2 Å². The molecule has 1 saturated heterocycles. The van der Waals surface area contributed by atoms with Crippen molar-refractivity contribution in [1.82, 2.24) is 10.3 Å². The third-order valence-electron chi connectivity index (χ3n) is 3.29. The molecule has 1 N–H and O–H groups in total. The van der Waals surface area contributed by atoms with Crippen molar-refractivity contribution in [1.29, 1.82) is 0 Å². The second-order valence-electron chi connectivity index (χ2n) is 4.42. The van der Waals surface area contributed by atoms with E-state index >= 15 is 0 Å². The van der Waals surface area contributed by atoms with Crippen LogP contribution in [0.4, 0.5) is 11.5 Å². The minimum atomic E-state index is -0.377. The average Bonchev–Trinajstić information content (AvgIpc) is 2.41. The number of piperidine rings is 1. The number of aromatic nitrogens is 1. The van der Waals surface area contributed by atoms with Crippen molar-refractivity contribution in [2.45, 2.75) is 25.8 Å². The molecule has 0 aliphatic carbocycles. The zero-order valence-corrected chi connectivity index (χ0v) is 10.5. The van der Waals surface area contributed by atoms with E-state index in [1.807, 2.05) is 0 Å². The topological polar surface area (TPSA) is 71.3 Å². The summed E-state index contributed by atoms with van der Waals surface area (Å²) in [5.74, 6) is 0.695. The molecule has 6 heteroatoms. The van der Waals surface area contributed by atoms with Gasteiger partial charge in [0.25, 0.3) is 5.69 Å². The van der Waals surface area contributed by atoms with Crippen molar-refractivity contribution in [3.63, 3.8) is 0 Å². The van der Waals surface area contributed by atoms with Gasteiger partial charge >= 0.3 is 0 Å². The number of nitrogens with zero attached hydrogens (tertiary/aromatic N) is 3. The molecular weight excluding hydrogens is 232 g/mol. The maximum Gasteiger partial charge on any atom is 0.274 e. The number of anilines is 1. The summed E-state index contributed by atoms with van der Waals surface area (Å²) < 4.78 is 0. The summed E-state index contributed by atoms with van der Waals surface area (Å²) >= 11 is 0. The van der Waals surface area contributed by atoms with Crippen molar-refractivity contribution >= 4 is 11.5 Å². The van der Waals surface area contributed by atoms with Crippen LogP contribution in [0, 0.1) is 10.1 Å². The van der Waals surface area contributed by atoms with Crippen LogP contribution in [0.5, 0.6) is 0 Å². The zero-order chi connectivity index (χ0) is 13.0. The Labute approximate surface area is 106 Å². The molecule has 1 atom stereocenters. The smallest absolute Gasteiger partial charge is 0.274 e. The Morgan fingerprint density at radius 1 is 1.67 bits per heavy atom. The first kappa shape index (κ1) is 12.8. The number of hydrogen-bond donors (Lipinski definition) is 1. The molecule has 1 aliphatic rings. The Hall–Kier alpha value is -1.69. The molecule has 2 heterocycles. The predicted molar refractivity (Wildman–Crippen MR) is 69.8 cm³/mol. The molecule has 6 nitrogen and oxygen atoms in total. The third kappa shape index (κ3) is 2.76. The fourth-order valence-electron chi connectivity index (χ4n) is 2.38. The van der Waals surface area contributed by atoms with E-state index in [9.17, 15) is 10.1 Å². The van der Waals surface area contributed by atoms with Gasteiger partial charge in [0.1, 0.15) is 5.82 Å². The molecule has 2 rings (SSSR count). The number of hydrogen-bond acceptors (Lipinski definition) is 5. The lowest BCUT2D eigenvalue weighted by Crippen LogP contribution is -2.46. The molecule has 18 heavy (non-hydrogen) atoms. The van der Waals surface area contributed by atoms with Crippen LogP contribution >= 0.6 is 0 Å². The summed E-state index contributed by atoms with van der Waals surface area (Å²) in [6, 6.07) is 3.35. The quantitative estimate of drug-likeness (QED) is 0.648. The van der Waals surface area contributed by atoms with E-state index in [-0.39, 0.29) is 10.6 Å². The monoisotopic (exact) mass is 250 g/mol. The second kappa shape index (κ2) is 5.77. The maximum absolute atomic E-state index is 10.8. The van der Waals surface area contributed by atoms with Gasteiger partial charge in [0.05, 0.1) is 11.0 Å². The highest BCUT2D eigenvalue weighted by atomic mass is 16.6. The first-order valence-electron chi connectivity index (χ1n) is 6.30.